The summed E-state index contributed by atoms with van der Waals surface area (Å²) < 4.78 is 7.15. The number of carbonyl (C=O) groups excluding carboxylic acids is 2. The van der Waals surface area contributed by atoms with Crippen molar-refractivity contribution in [3.8, 4) is 0 Å². The molecule has 0 saturated carbocycles. The van der Waals surface area contributed by atoms with E-state index in [-0.39, 0.29) is 17.4 Å². The summed E-state index contributed by atoms with van der Waals surface area (Å²) in [6.45, 7) is 2.91. The monoisotopic (exact) mass is 456 g/mol. The zero-order valence-corrected chi connectivity index (χ0v) is 18.9. The predicted octanol–water partition coefficient (Wildman–Crippen LogP) is 1.89. The third-order valence-electron chi connectivity index (χ3n) is 6.56. The number of amides is 2. The van der Waals surface area contributed by atoms with Crippen LogP contribution in [0.3, 0.4) is 0 Å². The Kier molecular flexibility index (Phi) is 6.19. The van der Waals surface area contributed by atoms with Crippen LogP contribution >= 0.6 is 11.8 Å². The minimum atomic E-state index is -0.462. The molecule has 0 spiro atoms. The Bertz CT molecular complexity index is 1100. The first-order chi connectivity index (χ1) is 15.6. The van der Waals surface area contributed by atoms with Crippen molar-refractivity contribution in [2.75, 3.05) is 37.9 Å². The van der Waals surface area contributed by atoms with Crippen molar-refractivity contribution >= 4 is 34.5 Å². The Hall–Kier alpha value is -2.39. The molecule has 32 heavy (non-hydrogen) atoms. The Morgan fingerprint density at radius 3 is 2.72 bits per heavy atom. The van der Waals surface area contributed by atoms with Crippen molar-refractivity contribution in [1.82, 2.24) is 19.4 Å². The fourth-order valence-electron chi connectivity index (χ4n) is 4.74. The van der Waals surface area contributed by atoms with Gasteiger partial charge in [-0.05, 0) is 31.0 Å². The van der Waals surface area contributed by atoms with Crippen molar-refractivity contribution in [2.24, 2.45) is 0 Å². The number of benzene rings is 1. The van der Waals surface area contributed by atoms with E-state index in [9.17, 15) is 14.4 Å². The molecule has 1 aromatic carbocycles. The number of aryl methyl sites for hydroxylation is 1. The number of hydrogen-bond donors (Lipinski definition) is 0. The molecule has 1 atom stereocenters. The molecule has 9 heteroatoms. The Labute approximate surface area is 190 Å². The maximum Gasteiger partial charge on any atom is 0.261 e. The van der Waals surface area contributed by atoms with Gasteiger partial charge in [0.25, 0.3) is 11.5 Å². The van der Waals surface area contributed by atoms with Gasteiger partial charge in [0.15, 0.2) is 0 Å². The summed E-state index contributed by atoms with van der Waals surface area (Å²) in [5.41, 5.74) is 1.01. The topological polar surface area (TPSA) is 84.7 Å². The third kappa shape index (κ3) is 4.03. The van der Waals surface area contributed by atoms with Gasteiger partial charge in [-0.3, -0.25) is 19.0 Å². The lowest BCUT2D eigenvalue weighted by Gasteiger charge is -2.32. The second-order valence-electron chi connectivity index (χ2n) is 8.61. The van der Waals surface area contributed by atoms with E-state index in [0.717, 1.165) is 37.9 Å². The third-order valence-corrected chi connectivity index (χ3v) is 7.58. The summed E-state index contributed by atoms with van der Waals surface area (Å²) in [7, 11) is 0. The average Bonchev–Trinajstić information content (AvgIpc) is 3.29. The van der Waals surface area contributed by atoms with E-state index in [2.05, 4.69) is 0 Å². The van der Waals surface area contributed by atoms with Crippen LogP contribution in [-0.2, 0) is 22.5 Å². The fraction of sp³-hybridized carbons (Fsp3) is 0.565. The van der Waals surface area contributed by atoms with Gasteiger partial charge in [-0.15, -0.1) is 11.8 Å². The van der Waals surface area contributed by atoms with Gasteiger partial charge in [-0.1, -0.05) is 12.8 Å². The van der Waals surface area contributed by atoms with Crippen LogP contribution in [0.1, 0.15) is 41.9 Å². The fourth-order valence-corrected chi connectivity index (χ4v) is 5.88. The molecular weight excluding hydrogens is 428 g/mol. The first-order valence-corrected chi connectivity index (χ1v) is 12.6. The van der Waals surface area contributed by atoms with Crippen LogP contribution < -0.4 is 5.56 Å². The van der Waals surface area contributed by atoms with E-state index in [1.807, 2.05) is 0 Å². The standard InChI is InChI=1S/C23H28N4O4S/c28-21(27-15-32-14-19(27)23(30)25-9-11-31-12-10-25)16-6-7-17-18(13-16)24-20-5-3-1-2-4-8-26(20)22(17)29/h6-7,13,19H,1-5,8-12,14-15H2. The number of morpholine rings is 1. The number of ether oxygens (including phenoxy) is 1. The second kappa shape index (κ2) is 9.23. The van der Waals surface area contributed by atoms with Gasteiger partial charge in [-0.25, -0.2) is 4.98 Å². The number of thioether (sulfide) groups is 1. The van der Waals surface area contributed by atoms with Crippen molar-refractivity contribution in [2.45, 2.75) is 44.7 Å². The van der Waals surface area contributed by atoms with Gasteiger partial charge in [0.1, 0.15) is 11.9 Å². The van der Waals surface area contributed by atoms with Crippen molar-refractivity contribution in [3.05, 3.63) is 39.9 Å². The van der Waals surface area contributed by atoms with Gasteiger partial charge >= 0.3 is 0 Å². The molecule has 0 aliphatic carbocycles. The number of rotatable bonds is 2. The highest BCUT2D eigenvalue weighted by Gasteiger charge is 2.38. The molecule has 1 aromatic heterocycles. The first-order valence-electron chi connectivity index (χ1n) is 11.4. The van der Waals surface area contributed by atoms with E-state index in [0.29, 0.717) is 60.9 Å². The molecular formula is C23H28N4O4S. The van der Waals surface area contributed by atoms with Crippen LogP contribution in [0.4, 0.5) is 0 Å². The van der Waals surface area contributed by atoms with Crippen LogP contribution in [0.25, 0.3) is 10.9 Å². The molecule has 0 radical (unpaired) electrons. The normalized spacial score (nSPS) is 21.8. The van der Waals surface area contributed by atoms with E-state index in [1.54, 1.807) is 44.3 Å². The molecule has 3 aliphatic rings. The van der Waals surface area contributed by atoms with Gasteiger partial charge in [0.2, 0.25) is 5.91 Å². The van der Waals surface area contributed by atoms with Gasteiger partial charge in [-0.2, -0.15) is 0 Å². The van der Waals surface area contributed by atoms with Crippen molar-refractivity contribution in [3.63, 3.8) is 0 Å². The zero-order chi connectivity index (χ0) is 22.1. The van der Waals surface area contributed by atoms with Crippen LogP contribution in [0.5, 0.6) is 0 Å². The minimum Gasteiger partial charge on any atom is -0.378 e. The van der Waals surface area contributed by atoms with Gasteiger partial charge in [0.05, 0.1) is 30.0 Å². The van der Waals surface area contributed by atoms with Crippen LogP contribution in [0, 0.1) is 0 Å². The van der Waals surface area contributed by atoms with Crippen LogP contribution in [-0.4, -0.2) is 75.1 Å². The van der Waals surface area contributed by atoms with E-state index in [4.69, 9.17) is 9.72 Å². The highest BCUT2D eigenvalue weighted by molar-refractivity contribution is 7.99. The molecule has 0 N–H and O–H groups in total. The molecule has 2 fully saturated rings. The maximum atomic E-state index is 13.4. The SMILES string of the molecule is O=C(C1CSCN1C(=O)c1ccc2c(=O)n3c(nc2c1)CCCCCC3)N1CCOCC1. The van der Waals surface area contributed by atoms with Crippen LogP contribution in [0.2, 0.25) is 0 Å². The quantitative estimate of drug-likeness (QED) is 0.686. The number of carbonyl (C=O) groups is 2. The Balaban J connectivity index is 1.43. The molecule has 3 aliphatic heterocycles. The number of hydrogen-bond acceptors (Lipinski definition) is 6. The highest BCUT2D eigenvalue weighted by Crippen LogP contribution is 2.26. The maximum absolute atomic E-state index is 13.4. The largest absolute Gasteiger partial charge is 0.378 e. The smallest absolute Gasteiger partial charge is 0.261 e. The summed E-state index contributed by atoms with van der Waals surface area (Å²) in [4.78, 5) is 47.7. The van der Waals surface area contributed by atoms with Crippen molar-refractivity contribution in [1.29, 1.82) is 0 Å². The zero-order valence-electron chi connectivity index (χ0n) is 18.1. The van der Waals surface area contributed by atoms with E-state index in [1.165, 1.54) is 0 Å². The highest BCUT2D eigenvalue weighted by atomic mass is 32.2. The number of aromatic nitrogens is 2. The Morgan fingerprint density at radius 2 is 1.88 bits per heavy atom. The summed E-state index contributed by atoms with van der Waals surface area (Å²) >= 11 is 1.59. The minimum absolute atomic E-state index is 0.00908. The van der Waals surface area contributed by atoms with E-state index < -0.39 is 6.04 Å². The molecule has 8 nitrogen and oxygen atoms in total. The lowest BCUT2D eigenvalue weighted by Crippen LogP contribution is -2.52. The Morgan fingerprint density at radius 1 is 1.06 bits per heavy atom. The van der Waals surface area contributed by atoms with Gasteiger partial charge in [0, 0.05) is 37.4 Å². The van der Waals surface area contributed by atoms with Crippen molar-refractivity contribution < 1.29 is 14.3 Å². The summed E-state index contributed by atoms with van der Waals surface area (Å²) in [5, 5.41) is 0.544. The average molecular weight is 457 g/mol. The van der Waals surface area contributed by atoms with Crippen LogP contribution in [0.15, 0.2) is 23.0 Å². The summed E-state index contributed by atoms with van der Waals surface area (Å²) in [6.07, 6.45) is 5.07. The second-order valence-corrected chi connectivity index (χ2v) is 9.61. The number of nitrogens with zero attached hydrogens (tertiary/aromatic N) is 4. The molecule has 2 amide bonds. The molecule has 1 unspecified atom stereocenters. The molecule has 5 rings (SSSR count). The molecule has 2 aromatic rings. The molecule has 170 valence electrons. The summed E-state index contributed by atoms with van der Waals surface area (Å²) in [6, 6.07) is 4.67. The first kappa shape index (κ1) is 21.5. The lowest BCUT2D eigenvalue weighted by molar-refractivity contribution is -0.138. The van der Waals surface area contributed by atoms with E-state index >= 15 is 0 Å². The summed E-state index contributed by atoms with van der Waals surface area (Å²) in [5.74, 6) is 1.70. The molecule has 2 saturated heterocycles. The lowest BCUT2D eigenvalue weighted by atomic mass is 10.1. The number of fused-ring (bicyclic) bond motifs is 2. The predicted molar refractivity (Wildman–Crippen MR) is 123 cm³/mol. The van der Waals surface area contributed by atoms with Gasteiger partial charge < -0.3 is 14.5 Å². The molecule has 0 bridgehead atoms. The molecule has 4 heterocycles.